The van der Waals surface area contributed by atoms with Crippen LogP contribution in [0.5, 0.6) is 0 Å². The van der Waals surface area contributed by atoms with Crippen LogP contribution < -0.4 is 10.0 Å². The lowest BCUT2D eigenvalue weighted by atomic mass is 10.2. The highest BCUT2D eigenvalue weighted by molar-refractivity contribution is 7.99. The van der Waals surface area contributed by atoms with Gasteiger partial charge < -0.3 is 5.32 Å². The van der Waals surface area contributed by atoms with Gasteiger partial charge in [0.05, 0.1) is 16.3 Å². The molecule has 10 heteroatoms. The second-order valence-electron chi connectivity index (χ2n) is 6.08. The number of rotatable bonds is 7. The molecule has 0 aliphatic carbocycles. The van der Waals surface area contributed by atoms with Crippen LogP contribution in [0.3, 0.4) is 0 Å². The molecule has 29 heavy (non-hydrogen) atoms. The van der Waals surface area contributed by atoms with E-state index in [1.165, 1.54) is 37.0 Å². The topological polar surface area (TPSA) is 93.1 Å². The number of imidazole rings is 1. The number of hydrogen-bond acceptors (Lipinski definition) is 5. The second kappa shape index (κ2) is 8.76. The lowest BCUT2D eigenvalue weighted by molar-refractivity contribution is -0.113. The minimum atomic E-state index is -3.63. The first-order valence-electron chi connectivity index (χ1n) is 8.56. The van der Waals surface area contributed by atoms with Crippen LogP contribution in [0.1, 0.15) is 5.56 Å². The van der Waals surface area contributed by atoms with E-state index in [1.807, 2.05) is 0 Å². The van der Waals surface area contributed by atoms with E-state index in [4.69, 9.17) is 0 Å². The monoisotopic (exact) mass is 434 g/mol. The predicted molar refractivity (Wildman–Crippen MR) is 110 cm³/mol. The van der Waals surface area contributed by atoms with E-state index < -0.39 is 10.0 Å². The van der Waals surface area contributed by atoms with Crippen molar-refractivity contribution in [2.24, 2.45) is 0 Å². The van der Waals surface area contributed by atoms with Gasteiger partial charge in [0.15, 0.2) is 5.16 Å². The van der Waals surface area contributed by atoms with Gasteiger partial charge in [-0.15, -0.1) is 0 Å². The number of sulfonamides is 1. The Morgan fingerprint density at radius 2 is 2.03 bits per heavy atom. The quantitative estimate of drug-likeness (QED) is 0.558. The molecule has 0 aliphatic rings. The molecule has 0 fully saturated rings. The molecule has 0 aliphatic heterocycles. The van der Waals surface area contributed by atoms with Crippen molar-refractivity contribution < 1.29 is 17.6 Å². The van der Waals surface area contributed by atoms with Gasteiger partial charge in [-0.05, 0) is 49.9 Å². The standard InChI is InChI=1S/C19H19FN4O3S2/c1-13-6-7-15(11-17(13)29(26,27)21-2)23-18(25)12-28-19-22-8-9-24(19)16-5-3-4-14(20)10-16/h3-11,21H,12H2,1-2H3,(H,23,25). The first kappa shape index (κ1) is 21.0. The molecule has 0 saturated carbocycles. The molecule has 0 saturated heterocycles. The number of anilines is 1. The first-order chi connectivity index (χ1) is 13.8. The third kappa shape index (κ3) is 5.03. The van der Waals surface area contributed by atoms with Crippen molar-refractivity contribution >= 4 is 33.4 Å². The van der Waals surface area contributed by atoms with Gasteiger partial charge in [-0.2, -0.15) is 0 Å². The average Bonchev–Trinajstić information content (AvgIpc) is 3.16. The number of hydrogen-bond donors (Lipinski definition) is 2. The number of carbonyl (C=O) groups is 1. The second-order valence-corrected chi connectivity index (χ2v) is 8.88. The zero-order valence-electron chi connectivity index (χ0n) is 15.7. The fraction of sp³-hybridized carbons (Fsp3) is 0.158. The van der Waals surface area contributed by atoms with E-state index in [1.54, 1.807) is 48.1 Å². The SMILES string of the molecule is CNS(=O)(=O)c1cc(NC(=O)CSc2nccn2-c2cccc(F)c2)ccc1C. The van der Waals surface area contributed by atoms with Crippen LogP contribution in [0, 0.1) is 12.7 Å². The predicted octanol–water partition coefficient (Wildman–Crippen LogP) is 2.96. The maximum Gasteiger partial charge on any atom is 0.240 e. The number of thioether (sulfide) groups is 1. The highest BCUT2D eigenvalue weighted by Crippen LogP contribution is 2.23. The van der Waals surface area contributed by atoms with Crippen LogP contribution in [0.2, 0.25) is 0 Å². The zero-order valence-corrected chi connectivity index (χ0v) is 17.3. The van der Waals surface area contributed by atoms with Gasteiger partial charge >= 0.3 is 0 Å². The zero-order chi connectivity index (χ0) is 21.0. The van der Waals surface area contributed by atoms with E-state index in [9.17, 15) is 17.6 Å². The smallest absolute Gasteiger partial charge is 0.240 e. The maximum absolute atomic E-state index is 13.5. The molecule has 0 bridgehead atoms. The van der Waals surface area contributed by atoms with Crippen molar-refractivity contribution in [3.05, 3.63) is 66.2 Å². The van der Waals surface area contributed by atoms with E-state index in [0.29, 0.717) is 22.1 Å². The normalized spacial score (nSPS) is 11.4. The Morgan fingerprint density at radius 1 is 1.24 bits per heavy atom. The molecule has 1 heterocycles. The lowest BCUT2D eigenvalue weighted by Gasteiger charge is -2.11. The first-order valence-corrected chi connectivity index (χ1v) is 11.0. The number of nitrogens with zero attached hydrogens (tertiary/aromatic N) is 2. The number of aryl methyl sites for hydroxylation is 1. The molecule has 0 spiro atoms. The third-order valence-electron chi connectivity index (χ3n) is 4.06. The Bertz CT molecular complexity index is 1150. The van der Waals surface area contributed by atoms with Crippen molar-refractivity contribution in [1.82, 2.24) is 14.3 Å². The molecule has 1 amide bonds. The van der Waals surface area contributed by atoms with Crippen molar-refractivity contribution in [3.63, 3.8) is 0 Å². The molecule has 0 radical (unpaired) electrons. The molecular weight excluding hydrogens is 415 g/mol. The van der Waals surface area contributed by atoms with Crippen LogP contribution in [-0.4, -0.2) is 36.7 Å². The summed E-state index contributed by atoms with van der Waals surface area (Å²) < 4.78 is 41.6. The number of carbonyl (C=O) groups excluding carboxylic acids is 1. The van der Waals surface area contributed by atoms with Gasteiger partial charge in [0.1, 0.15) is 5.82 Å². The van der Waals surface area contributed by atoms with Gasteiger partial charge in [0.2, 0.25) is 15.9 Å². The van der Waals surface area contributed by atoms with Crippen LogP contribution in [-0.2, 0) is 14.8 Å². The highest BCUT2D eigenvalue weighted by atomic mass is 32.2. The molecule has 2 N–H and O–H groups in total. The van der Waals surface area contributed by atoms with E-state index in [-0.39, 0.29) is 22.4 Å². The van der Waals surface area contributed by atoms with Crippen LogP contribution >= 0.6 is 11.8 Å². The van der Waals surface area contributed by atoms with E-state index >= 15 is 0 Å². The lowest BCUT2D eigenvalue weighted by Crippen LogP contribution is -2.20. The number of nitrogens with one attached hydrogen (secondary N) is 2. The Morgan fingerprint density at radius 3 is 2.76 bits per heavy atom. The Kier molecular flexibility index (Phi) is 6.36. The molecule has 152 valence electrons. The Balaban J connectivity index is 1.69. The molecule has 0 unspecified atom stereocenters. The van der Waals surface area contributed by atoms with Gasteiger partial charge in [0.25, 0.3) is 0 Å². The van der Waals surface area contributed by atoms with Crippen molar-refractivity contribution in [1.29, 1.82) is 0 Å². The summed E-state index contributed by atoms with van der Waals surface area (Å²) in [4.78, 5) is 16.6. The van der Waals surface area contributed by atoms with Crippen molar-refractivity contribution in [2.45, 2.75) is 17.0 Å². The summed E-state index contributed by atoms with van der Waals surface area (Å²) in [6, 6.07) is 10.7. The average molecular weight is 435 g/mol. The van der Waals surface area contributed by atoms with E-state index in [2.05, 4.69) is 15.0 Å². The van der Waals surface area contributed by atoms with Gasteiger partial charge in [-0.1, -0.05) is 23.9 Å². The highest BCUT2D eigenvalue weighted by Gasteiger charge is 2.16. The van der Waals surface area contributed by atoms with Crippen LogP contribution in [0.15, 0.2) is 64.9 Å². The summed E-state index contributed by atoms with van der Waals surface area (Å²) in [5.74, 6) is -0.633. The Labute approximate surface area is 172 Å². The minimum absolute atomic E-state index is 0.0499. The minimum Gasteiger partial charge on any atom is -0.325 e. The fourth-order valence-electron chi connectivity index (χ4n) is 2.62. The summed E-state index contributed by atoms with van der Waals surface area (Å²) in [6.07, 6.45) is 3.25. The van der Waals surface area contributed by atoms with Gasteiger partial charge in [-0.25, -0.2) is 22.5 Å². The van der Waals surface area contributed by atoms with Crippen molar-refractivity contribution in [2.75, 3.05) is 18.1 Å². The largest absolute Gasteiger partial charge is 0.325 e. The van der Waals surface area contributed by atoms with Crippen molar-refractivity contribution in [3.8, 4) is 5.69 Å². The molecular formula is C19H19FN4O3S2. The number of benzene rings is 2. The molecule has 1 aromatic heterocycles. The van der Waals surface area contributed by atoms with Crippen LogP contribution in [0.25, 0.3) is 5.69 Å². The summed E-state index contributed by atoms with van der Waals surface area (Å²) in [6.45, 7) is 1.68. The number of amides is 1. The summed E-state index contributed by atoms with van der Waals surface area (Å²) in [5, 5.41) is 3.22. The van der Waals surface area contributed by atoms with Gasteiger partial charge in [-0.3, -0.25) is 9.36 Å². The molecule has 7 nitrogen and oxygen atoms in total. The van der Waals surface area contributed by atoms with Crippen LogP contribution in [0.4, 0.5) is 10.1 Å². The van der Waals surface area contributed by atoms with Gasteiger partial charge in [0, 0.05) is 18.1 Å². The fourth-order valence-corrected chi connectivity index (χ4v) is 4.39. The number of aromatic nitrogens is 2. The van der Waals surface area contributed by atoms with E-state index in [0.717, 1.165) is 0 Å². The molecule has 3 rings (SSSR count). The summed E-state index contributed by atoms with van der Waals surface area (Å²) in [7, 11) is -2.29. The molecule has 2 aromatic carbocycles. The summed E-state index contributed by atoms with van der Waals surface area (Å²) >= 11 is 1.19. The maximum atomic E-state index is 13.5. The number of halogens is 1. The molecule has 0 atom stereocenters. The summed E-state index contributed by atoms with van der Waals surface area (Å²) in [5.41, 5.74) is 1.55. The Hall–Kier alpha value is -2.69. The molecule has 3 aromatic rings. The third-order valence-corrected chi connectivity index (χ3v) is 6.58.